The molecule has 2 aromatic rings. The van der Waals surface area contributed by atoms with E-state index in [0.717, 1.165) is 24.4 Å². The van der Waals surface area contributed by atoms with Gasteiger partial charge >= 0.3 is 0 Å². The number of hydrogen-bond acceptors (Lipinski definition) is 5. The molecular weight excluding hydrogens is 244 g/mol. The van der Waals surface area contributed by atoms with Crippen molar-refractivity contribution in [3.05, 3.63) is 17.8 Å². The van der Waals surface area contributed by atoms with Crippen LogP contribution in [0.5, 0.6) is 0 Å². The Balaban J connectivity index is 1.77. The van der Waals surface area contributed by atoms with Crippen LogP contribution in [0.2, 0.25) is 0 Å². The van der Waals surface area contributed by atoms with E-state index in [0.29, 0.717) is 6.04 Å². The summed E-state index contributed by atoms with van der Waals surface area (Å²) in [7, 11) is 0. The summed E-state index contributed by atoms with van der Waals surface area (Å²) in [4.78, 5) is 11.2. The summed E-state index contributed by atoms with van der Waals surface area (Å²) in [6.45, 7) is 5.71. The number of rotatable bonds is 3. The van der Waals surface area contributed by atoms with E-state index in [1.807, 2.05) is 6.07 Å². The fourth-order valence-corrected chi connectivity index (χ4v) is 3.34. The predicted molar refractivity (Wildman–Crippen MR) is 76.2 cm³/mol. The minimum absolute atomic E-state index is 0.513. The molecule has 0 bridgehead atoms. The topological polar surface area (TPSA) is 41.0 Å². The Kier molecular flexibility index (Phi) is 3.43. The molecular formula is C13H18N4S. The molecule has 1 aliphatic heterocycles. The van der Waals surface area contributed by atoms with Crippen molar-refractivity contribution < 1.29 is 0 Å². The number of likely N-dealkylation sites (tertiary alicyclic amines) is 1. The minimum atomic E-state index is 0.513. The maximum atomic E-state index is 4.39. The lowest BCUT2D eigenvalue weighted by molar-refractivity contribution is 0.226. The van der Waals surface area contributed by atoms with Crippen molar-refractivity contribution in [2.75, 3.05) is 25.0 Å². The van der Waals surface area contributed by atoms with E-state index < -0.39 is 0 Å². The van der Waals surface area contributed by atoms with Crippen LogP contribution in [-0.2, 0) is 0 Å². The zero-order valence-corrected chi connectivity index (χ0v) is 11.4. The smallest absolute Gasteiger partial charge is 0.147 e. The van der Waals surface area contributed by atoms with Gasteiger partial charge in [-0.15, -0.1) is 11.3 Å². The third-order valence-electron chi connectivity index (χ3n) is 3.54. The number of likely N-dealkylation sites (N-methyl/N-ethyl adjacent to an activating group) is 1. The first-order valence-electron chi connectivity index (χ1n) is 6.54. The predicted octanol–water partition coefficient (Wildman–Crippen LogP) is 2.59. The van der Waals surface area contributed by atoms with Crippen molar-refractivity contribution in [3.63, 3.8) is 0 Å². The van der Waals surface area contributed by atoms with Crippen LogP contribution in [0.15, 0.2) is 17.8 Å². The first kappa shape index (κ1) is 11.9. The number of nitrogens with one attached hydrogen (secondary N) is 1. The lowest BCUT2D eigenvalue weighted by Gasteiger charge is -2.32. The summed E-state index contributed by atoms with van der Waals surface area (Å²) in [5, 5.41) is 5.67. The molecule has 2 aromatic heterocycles. The molecule has 1 saturated heterocycles. The monoisotopic (exact) mass is 262 g/mol. The number of aromatic nitrogens is 2. The van der Waals surface area contributed by atoms with Gasteiger partial charge in [-0.2, -0.15) is 0 Å². The highest BCUT2D eigenvalue weighted by atomic mass is 32.1. The molecule has 1 N–H and O–H groups in total. The molecule has 0 radical (unpaired) electrons. The molecule has 0 saturated carbocycles. The fourth-order valence-electron chi connectivity index (χ4n) is 2.55. The third kappa shape index (κ3) is 2.33. The van der Waals surface area contributed by atoms with Gasteiger partial charge < -0.3 is 10.2 Å². The van der Waals surface area contributed by atoms with Gasteiger partial charge in [0.25, 0.3) is 0 Å². The first-order valence-corrected chi connectivity index (χ1v) is 7.42. The van der Waals surface area contributed by atoms with Gasteiger partial charge in [-0.05, 0) is 37.4 Å². The quantitative estimate of drug-likeness (QED) is 0.923. The molecule has 1 aliphatic rings. The second kappa shape index (κ2) is 5.20. The summed E-state index contributed by atoms with van der Waals surface area (Å²) >= 11 is 1.71. The Hall–Kier alpha value is -1.20. The Morgan fingerprint density at radius 1 is 1.50 bits per heavy atom. The fraction of sp³-hybridized carbons (Fsp3) is 0.538. The molecule has 1 unspecified atom stereocenters. The molecule has 0 aliphatic carbocycles. The van der Waals surface area contributed by atoms with E-state index in [-0.39, 0.29) is 0 Å². The van der Waals surface area contributed by atoms with Crippen LogP contribution >= 0.6 is 11.3 Å². The van der Waals surface area contributed by atoms with E-state index in [1.165, 1.54) is 24.1 Å². The molecule has 0 spiro atoms. The second-order valence-corrected chi connectivity index (χ2v) is 5.65. The molecule has 3 heterocycles. The maximum absolute atomic E-state index is 4.39. The van der Waals surface area contributed by atoms with Crippen molar-refractivity contribution in [1.82, 2.24) is 14.9 Å². The Morgan fingerprint density at radius 2 is 2.44 bits per heavy atom. The summed E-state index contributed by atoms with van der Waals surface area (Å²) in [5.41, 5.74) is 1.04. The normalized spacial score (nSPS) is 21.3. The van der Waals surface area contributed by atoms with E-state index in [9.17, 15) is 0 Å². The molecule has 0 aromatic carbocycles. The minimum Gasteiger partial charge on any atom is -0.365 e. The summed E-state index contributed by atoms with van der Waals surface area (Å²) in [5.74, 6) is 0.998. The Labute approximate surface area is 111 Å². The highest BCUT2D eigenvalue weighted by Gasteiger charge is 2.19. The Morgan fingerprint density at radius 3 is 3.33 bits per heavy atom. The van der Waals surface area contributed by atoms with E-state index in [1.54, 1.807) is 17.7 Å². The largest absolute Gasteiger partial charge is 0.365 e. The molecule has 4 nitrogen and oxygen atoms in total. The summed E-state index contributed by atoms with van der Waals surface area (Å²) in [6, 6.07) is 2.56. The molecule has 18 heavy (non-hydrogen) atoms. The highest BCUT2D eigenvalue weighted by molar-refractivity contribution is 7.17. The molecule has 1 atom stereocenters. The van der Waals surface area contributed by atoms with Crippen LogP contribution in [0.1, 0.15) is 19.8 Å². The van der Waals surface area contributed by atoms with Crippen molar-refractivity contribution in [2.45, 2.75) is 25.8 Å². The van der Waals surface area contributed by atoms with Gasteiger partial charge in [-0.1, -0.05) is 6.92 Å². The van der Waals surface area contributed by atoms with Crippen LogP contribution in [-0.4, -0.2) is 40.5 Å². The molecule has 0 amide bonds. The van der Waals surface area contributed by atoms with Crippen molar-refractivity contribution >= 4 is 27.4 Å². The number of nitrogens with zero attached hydrogens (tertiary/aromatic N) is 3. The number of piperidine rings is 1. The van der Waals surface area contributed by atoms with Gasteiger partial charge in [-0.25, -0.2) is 9.97 Å². The Bertz CT molecular complexity index is 524. The number of anilines is 1. The van der Waals surface area contributed by atoms with Gasteiger partial charge in [0, 0.05) is 12.6 Å². The number of hydrogen-bond donors (Lipinski definition) is 1. The highest BCUT2D eigenvalue weighted by Crippen LogP contribution is 2.26. The van der Waals surface area contributed by atoms with Crippen LogP contribution in [0.4, 0.5) is 5.82 Å². The first-order chi connectivity index (χ1) is 8.86. The van der Waals surface area contributed by atoms with Crippen molar-refractivity contribution in [1.29, 1.82) is 0 Å². The van der Waals surface area contributed by atoms with Crippen molar-refractivity contribution in [3.8, 4) is 0 Å². The lowest BCUT2D eigenvalue weighted by Crippen LogP contribution is -2.41. The zero-order chi connectivity index (χ0) is 12.4. The van der Waals surface area contributed by atoms with E-state index in [4.69, 9.17) is 0 Å². The molecule has 3 rings (SSSR count). The molecule has 1 fully saturated rings. The van der Waals surface area contributed by atoms with Gasteiger partial charge in [0.05, 0.1) is 10.2 Å². The SMILES string of the molecule is CCN1CCCC(Nc2ncnc3ccsc23)C1. The van der Waals surface area contributed by atoms with Gasteiger partial charge in [0.1, 0.15) is 12.1 Å². The maximum Gasteiger partial charge on any atom is 0.147 e. The lowest BCUT2D eigenvalue weighted by atomic mass is 10.1. The van der Waals surface area contributed by atoms with E-state index >= 15 is 0 Å². The molecule has 96 valence electrons. The van der Waals surface area contributed by atoms with Gasteiger partial charge in [-0.3, -0.25) is 0 Å². The summed E-state index contributed by atoms with van der Waals surface area (Å²) in [6.07, 6.45) is 4.15. The van der Waals surface area contributed by atoms with Crippen LogP contribution < -0.4 is 5.32 Å². The van der Waals surface area contributed by atoms with E-state index in [2.05, 4.69) is 32.5 Å². The second-order valence-electron chi connectivity index (χ2n) is 4.73. The number of thiophene rings is 1. The van der Waals surface area contributed by atoms with Crippen LogP contribution in [0.25, 0.3) is 10.2 Å². The van der Waals surface area contributed by atoms with Crippen LogP contribution in [0, 0.1) is 0 Å². The summed E-state index contributed by atoms with van der Waals surface area (Å²) < 4.78 is 1.17. The standard InChI is InChI=1S/C13H18N4S/c1-2-17-6-3-4-10(8-17)16-13-12-11(5-7-18-12)14-9-15-13/h5,7,9-10H,2-4,6,8H2,1H3,(H,14,15,16). The molecule has 5 heteroatoms. The zero-order valence-electron chi connectivity index (χ0n) is 10.6. The van der Waals surface area contributed by atoms with Crippen LogP contribution in [0.3, 0.4) is 0 Å². The average molecular weight is 262 g/mol. The van der Waals surface area contributed by atoms with Gasteiger partial charge in [0.2, 0.25) is 0 Å². The average Bonchev–Trinajstić information content (AvgIpc) is 2.88. The van der Waals surface area contributed by atoms with Crippen molar-refractivity contribution in [2.24, 2.45) is 0 Å². The van der Waals surface area contributed by atoms with Gasteiger partial charge in [0.15, 0.2) is 0 Å². The number of fused-ring (bicyclic) bond motifs is 1. The third-order valence-corrected chi connectivity index (χ3v) is 4.45.